The summed E-state index contributed by atoms with van der Waals surface area (Å²) in [4.78, 5) is 11.5. The van der Waals surface area contributed by atoms with Crippen molar-refractivity contribution in [2.45, 2.75) is 5.54 Å². The summed E-state index contributed by atoms with van der Waals surface area (Å²) in [5.41, 5.74) is -1.59. The first-order chi connectivity index (χ1) is 8.56. The molecule has 7 heteroatoms. The van der Waals surface area contributed by atoms with E-state index in [-0.39, 0.29) is 5.69 Å². The average molecular weight is 258 g/mol. The number of hydrogen-bond donors (Lipinski definition) is 5. The highest BCUT2D eigenvalue weighted by Crippen LogP contribution is 2.12. The Kier molecular flexibility index (Phi) is 5.02. The number of nitrogens with one attached hydrogen (secondary N) is 2. The van der Waals surface area contributed by atoms with Crippen LogP contribution in [-0.4, -0.2) is 46.7 Å². The summed E-state index contributed by atoms with van der Waals surface area (Å²) < 4.78 is 13.2. The third kappa shape index (κ3) is 3.39. The molecule has 5 N–H and O–H groups in total. The number of carbonyl (C=O) groups excluding carboxylic acids is 1. The fourth-order valence-electron chi connectivity index (χ4n) is 1.23. The van der Waals surface area contributed by atoms with Gasteiger partial charge in [0.25, 0.3) is 0 Å². The van der Waals surface area contributed by atoms with Gasteiger partial charge in [-0.25, -0.2) is 9.18 Å². The van der Waals surface area contributed by atoms with Crippen molar-refractivity contribution in [3.05, 3.63) is 30.1 Å². The van der Waals surface area contributed by atoms with Gasteiger partial charge in [-0.15, -0.1) is 0 Å². The van der Waals surface area contributed by atoms with Crippen LogP contribution in [0.2, 0.25) is 0 Å². The summed E-state index contributed by atoms with van der Waals surface area (Å²) >= 11 is 0. The number of amides is 2. The lowest BCUT2D eigenvalue weighted by Gasteiger charge is -2.28. The minimum absolute atomic E-state index is 0.0438. The van der Waals surface area contributed by atoms with Gasteiger partial charge in [0.15, 0.2) is 0 Å². The van der Waals surface area contributed by atoms with Crippen LogP contribution >= 0.6 is 0 Å². The van der Waals surface area contributed by atoms with Gasteiger partial charge in [-0.05, 0) is 12.1 Å². The van der Waals surface area contributed by atoms with Crippen molar-refractivity contribution in [1.82, 2.24) is 5.32 Å². The van der Waals surface area contributed by atoms with Crippen LogP contribution in [0.5, 0.6) is 0 Å². The molecule has 1 aromatic rings. The summed E-state index contributed by atoms with van der Waals surface area (Å²) in [6.07, 6.45) is 0. The van der Waals surface area contributed by atoms with Gasteiger partial charge in [0.1, 0.15) is 11.4 Å². The summed E-state index contributed by atoms with van der Waals surface area (Å²) in [5, 5.41) is 31.4. The van der Waals surface area contributed by atoms with Gasteiger partial charge in [0.05, 0.1) is 25.5 Å². The van der Waals surface area contributed by atoms with Crippen molar-refractivity contribution in [3.63, 3.8) is 0 Å². The highest BCUT2D eigenvalue weighted by molar-refractivity contribution is 5.89. The number of aliphatic hydroxyl groups excluding tert-OH is 3. The molecular weight excluding hydrogens is 243 g/mol. The van der Waals surface area contributed by atoms with E-state index in [0.717, 1.165) is 0 Å². The highest BCUT2D eigenvalue weighted by Gasteiger charge is 2.30. The van der Waals surface area contributed by atoms with E-state index in [1.54, 1.807) is 0 Å². The van der Waals surface area contributed by atoms with Crippen LogP contribution in [0.15, 0.2) is 24.3 Å². The molecular formula is C11H15FN2O4. The Labute approximate surface area is 103 Å². The first kappa shape index (κ1) is 14.4. The molecule has 100 valence electrons. The maximum atomic E-state index is 13.2. The van der Waals surface area contributed by atoms with Crippen LogP contribution < -0.4 is 10.6 Å². The Hall–Kier alpha value is -1.70. The van der Waals surface area contributed by atoms with E-state index in [9.17, 15) is 9.18 Å². The second-order valence-electron chi connectivity index (χ2n) is 3.81. The van der Waals surface area contributed by atoms with Crippen LogP contribution in [0.4, 0.5) is 14.9 Å². The van der Waals surface area contributed by atoms with Crippen LogP contribution in [-0.2, 0) is 0 Å². The van der Waals surface area contributed by atoms with Crippen molar-refractivity contribution in [1.29, 1.82) is 0 Å². The number of anilines is 1. The molecule has 2 amide bonds. The highest BCUT2D eigenvalue weighted by atomic mass is 19.1. The zero-order valence-electron chi connectivity index (χ0n) is 9.56. The van der Waals surface area contributed by atoms with Gasteiger partial charge in [-0.3, -0.25) is 0 Å². The topological polar surface area (TPSA) is 102 Å². The lowest BCUT2D eigenvalue weighted by atomic mass is 10.0. The SMILES string of the molecule is O=C(Nc1ccccc1F)NC(CO)(CO)CO. The van der Waals surface area contributed by atoms with Gasteiger partial charge in [-0.1, -0.05) is 12.1 Å². The van der Waals surface area contributed by atoms with Gasteiger partial charge < -0.3 is 26.0 Å². The zero-order valence-corrected chi connectivity index (χ0v) is 9.56. The Balaban J connectivity index is 2.70. The molecule has 1 aromatic carbocycles. The fourth-order valence-corrected chi connectivity index (χ4v) is 1.23. The van der Waals surface area contributed by atoms with E-state index < -0.39 is 37.2 Å². The fraction of sp³-hybridized carbons (Fsp3) is 0.364. The normalized spacial score (nSPS) is 11.1. The van der Waals surface area contributed by atoms with Crippen molar-refractivity contribution >= 4 is 11.7 Å². The predicted molar refractivity (Wildman–Crippen MR) is 62.5 cm³/mol. The van der Waals surface area contributed by atoms with Gasteiger partial charge in [0.2, 0.25) is 0 Å². The summed E-state index contributed by atoms with van der Waals surface area (Å²) in [5.74, 6) is -0.616. The van der Waals surface area contributed by atoms with Crippen molar-refractivity contribution in [2.24, 2.45) is 0 Å². The van der Waals surface area contributed by atoms with Crippen molar-refractivity contribution < 1.29 is 24.5 Å². The van der Waals surface area contributed by atoms with Gasteiger partial charge in [-0.2, -0.15) is 0 Å². The molecule has 0 aliphatic rings. The molecule has 1 rings (SSSR count). The number of hydrogen-bond acceptors (Lipinski definition) is 4. The molecule has 0 bridgehead atoms. The Morgan fingerprint density at radius 2 is 1.72 bits per heavy atom. The quantitative estimate of drug-likeness (QED) is 0.499. The molecule has 0 aliphatic carbocycles. The number of aliphatic hydroxyl groups is 3. The number of halogens is 1. The third-order valence-corrected chi connectivity index (χ3v) is 2.41. The largest absolute Gasteiger partial charge is 0.394 e. The number of rotatable bonds is 5. The molecule has 0 aliphatic heterocycles. The third-order valence-electron chi connectivity index (χ3n) is 2.41. The molecule has 0 saturated carbocycles. The Bertz CT molecular complexity index is 402. The molecule has 0 aromatic heterocycles. The standard InChI is InChI=1S/C11H15FN2O4/c12-8-3-1-2-4-9(8)13-10(18)14-11(5-15,6-16)7-17/h1-4,15-17H,5-7H2,(H2,13,14,18). The first-order valence-electron chi connectivity index (χ1n) is 5.23. The van der Waals surface area contributed by atoms with Gasteiger partial charge >= 0.3 is 6.03 Å². The molecule has 0 radical (unpaired) electrons. The molecule has 0 atom stereocenters. The maximum Gasteiger partial charge on any atom is 0.319 e. The lowest BCUT2D eigenvalue weighted by molar-refractivity contribution is 0.0507. The van der Waals surface area contributed by atoms with Crippen LogP contribution in [0.3, 0.4) is 0 Å². The van der Waals surface area contributed by atoms with E-state index in [1.165, 1.54) is 24.3 Å². The summed E-state index contributed by atoms with van der Waals surface area (Å²) in [6, 6.07) is 4.70. The van der Waals surface area contributed by atoms with E-state index >= 15 is 0 Å². The first-order valence-corrected chi connectivity index (χ1v) is 5.23. The predicted octanol–water partition coefficient (Wildman–Crippen LogP) is -0.337. The van der Waals surface area contributed by atoms with Crippen LogP contribution in [0.1, 0.15) is 0 Å². The second-order valence-corrected chi connectivity index (χ2v) is 3.81. The van der Waals surface area contributed by atoms with Crippen LogP contribution in [0, 0.1) is 5.82 Å². The average Bonchev–Trinajstić information content (AvgIpc) is 2.39. The minimum Gasteiger partial charge on any atom is -0.394 e. The molecule has 0 unspecified atom stereocenters. The monoisotopic (exact) mass is 258 g/mol. The summed E-state index contributed by atoms with van der Waals surface area (Å²) in [6.45, 7) is -1.94. The van der Waals surface area contributed by atoms with Crippen LogP contribution in [0.25, 0.3) is 0 Å². The molecule has 0 heterocycles. The summed E-state index contributed by atoms with van der Waals surface area (Å²) in [7, 11) is 0. The molecule has 0 fully saturated rings. The minimum atomic E-state index is -1.55. The molecule has 0 saturated heterocycles. The maximum absolute atomic E-state index is 13.2. The molecule has 18 heavy (non-hydrogen) atoms. The Morgan fingerprint density at radius 1 is 1.17 bits per heavy atom. The smallest absolute Gasteiger partial charge is 0.319 e. The van der Waals surface area contributed by atoms with E-state index in [2.05, 4.69) is 10.6 Å². The van der Waals surface area contributed by atoms with Gasteiger partial charge in [0, 0.05) is 0 Å². The molecule has 6 nitrogen and oxygen atoms in total. The Morgan fingerprint density at radius 3 is 2.22 bits per heavy atom. The van der Waals surface area contributed by atoms with Crippen molar-refractivity contribution in [2.75, 3.05) is 25.1 Å². The zero-order chi connectivity index (χ0) is 13.6. The van der Waals surface area contributed by atoms with E-state index in [1.807, 2.05) is 0 Å². The second kappa shape index (κ2) is 6.29. The van der Waals surface area contributed by atoms with E-state index in [4.69, 9.17) is 15.3 Å². The number of benzene rings is 1. The van der Waals surface area contributed by atoms with E-state index in [0.29, 0.717) is 0 Å². The number of urea groups is 1. The number of carbonyl (C=O) groups is 1. The van der Waals surface area contributed by atoms with Crippen molar-refractivity contribution in [3.8, 4) is 0 Å². The molecule has 0 spiro atoms. The number of para-hydroxylation sites is 1. The lowest BCUT2D eigenvalue weighted by Crippen LogP contribution is -2.58.